The molecule has 1 aromatic carbocycles. The van der Waals surface area contributed by atoms with Crippen LogP contribution in [0.3, 0.4) is 0 Å². The van der Waals surface area contributed by atoms with Crippen molar-refractivity contribution < 1.29 is 9.21 Å². The predicted octanol–water partition coefficient (Wildman–Crippen LogP) is 3.21. The standard InChI is InChI=1S/C17H20N2O2/c1-13-15(9-10-16(20)19-11-5-6-12-19)18-17(21-13)14-7-3-2-4-8-14/h2-4,7-8H,5-6,9-12H2,1H3. The number of likely N-dealkylation sites (tertiary alicyclic amines) is 1. The fourth-order valence-corrected chi connectivity index (χ4v) is 2.71. The first-order valence-electron chi connectivity index (χ1n) is 7.53. The van der Waals surface area contributed by atoms with Crippen molar-refractivity contribution in [1.29, 1.82) is 0 Å². The first-order chi connectivity index (χ1) is 10.2. The van der Waals surface area contributed by atoms with E-state index < -0.39 is 0 Å². The topological polar surface area (TPSA) is 46.3 Å². The van der Waals surface area contributed by atoms with E-state index in [9.17, 15) is 4.79 Å². The summed E-state index contributed by atoms with van der Waals surface area (Å²) in [6, 6.07) is 9.85. The molecule has 1 fully saturated rings. The minimum Gasteiger partial charge on any atom is -0.441 e. The summed E-state index contributed by atoms with van der Waals surface area (Å²) in [5.74, 6) is 1.68. The quantitative estimate of drug-likeness (QED) is 0.866. The Balaban J connectivity index is 1.66. The Morgan fingerprint density at radius 1 is 1.24 bits per heavy atom. The maximum Gasteiger partial charge on any atom is 0.226 e. The molecule has 21 heavy (non-hydrogen) atoms. The van der Waals surface area contributed by atoms with Crippen molar-refractivity contribution in [2.45, 2.75) is 32.6 Å². The Kier molecular flexibility index (Phi) is 4.04. The number of amides is 1. The highest BCUT2D eigenvalue weighted by Crippen LogP contribution is 2.22. The SMILES string of the molecule is Cc1oc(-c2ccccc2)nc1CCC(=O)N1CCCC1. The smallest absolute Gasteiger partial charge is 0.226 e. The second kappa shape index (κ2) is 6.12. The van der Waals surface area contributed by atoms with E-state index in [1.54, 1.807) is 0 Å². The van der Waals surface area contributed by atoms with Gasteiger partial charge in [-0.1, -0.05) is 18.2 Å². The number of benzene rings is 1. The summed E-state index contributed by atoms with van der Waals surface area (Å²) in [7, 11) is 0. The molecule has 0 radical (unpaired) electrons. The second-order valence-corrected chi connectivity index (χ2v) is 5.48. The Morgan fingerprint density at radius 3 is 2.67 bits per heavy atom. The molecule has 1 aliphatic rings. The Bertz CT molecular complexity index is 613. The number of rotatable bonds is 4. The van der Waals surface area contributed by atoms with Crippen LogP contribution in [0, 0.1) is 6.92 Å². The molecule has 0 unspecified atom stereocenters. The molecule has 4 heteroatoms. The maximum absolute atomic E-state index is 12.1. The van der Waals surface area contributed by atoms with Gasteiger partial charge < -0.3 is 9.32 Å². The molecule has 2 heterocycles. The fourth-order valence-electron chi connectivity index (χ4n) is 2.71. The Hall–Kier alpha value is -2.10. The van der Waals surface area contributed by atoms with Crippen molar-refractivity contribution in [2.75, 3.05) is 13.1 Å². The molecule has 0 atom stereocenters. The third-order valence-electron chi connectivity index (χ3n) is 3.95. The van der Waals surface area contributed by atoms with E-state index in [2.05, 4.69) is 4.98 Å². The van der Waals surface area contributed by atoms with Crippen LogP contribution in [0.1, 0.15) is 30.7 Å². The number of carbonyl (C=O) groups is 1. The van der Waals surface area contributed by atoms with Crippen molar-refractivity contribution in [3.8, 4) is 11.5 Å². The lowest BCUT2D eigenvalue weighted by molar-refractivity contribution is -0.130. The summed E-state index contributed by atoms with van der Waals surface area (Å²) < 4.78 is 5.72. The Labute approximate surface area is 124 Å². The molecular formula is C17H20N2O2. The molecule has 0 spiro atoms. The number of nitrogens with zero attached hydrogens (tertiary/aromatic N) is 2. The van der Waals surface area contributed by atoms with Gasteiger partial charge in [0.15, 0.2) is 0 Å². The molecular weight excluding hydrogens is 264 g/mol. The summed E-state index contributed by atoms with van der Waals surface area (Å²) >= 11 is 0. The summed E-state index contributed by atoms with van der Waals surface area (Å²) in [5.41, 5.74) is 1.86. The highest BCUT2D eigenvalue weighted by atomic mass is 16.4. The molecule has 1 saturated heterocycles. The summed E-state index contributed by atoms with van der Waals surface area (Å²) in [6.45, 7) is 3.73. The van der Waals surface area contributed by atoms with Gasteiger partial charge in [-0.05, 0) is 31.9 Å². The van der Waals surface area contributed by atoms with E-state index >= 15 is 0 Å². The van der Waals surface area contributed by atoms with Gasteiger partial charge in [-0.15, -0.1) is 0 Å². The predicted molar refractivity (Wildman–Crippen MR) is 80.8 cm³/mol. The van der Waals surface area contributed by atoms with Crippen LogP contribution in [0.25, 0.3) is 11.5 Å². The number of hydrogen-bond acceptors (Lipinski definition) is 3. The molecule has 110 valence electrons. The maximum atomic E-state index is 12.1. The van der Waals surface area contributed by atoms with E-state index in [0.717, 1.165) is 42.9 Å². The van der Waals surface area contributed by atoms with E-state index in [-0.39, 0.29) is 5.91 Å². The minimum absolute atomic E-state index is 0.233. The van der Waals surface area contributed by atoms with Crippen molar-refractivity contribution in [3.05, 3.63) is 41.8 Å². The lowest BCUT2D eigenvalue weighted by Crippen LogP contribution is -2.27. The molecule has 3 rings (SSSR count). The molecule has 0 saturated carbocycles. The monoisotopic (exact) mass is 284 g/mol. The zero-order valence-corrected chi connectivity index (χ0v) is 12.3. The van der Waals surface area contributed by atoms with Crippen molar-refractivity contribution in [2.24, 2.45) is 0 Å². The largest absolute Gasteiger partial charge is 0.441 e. The summed E-state index contributed by atoms with van der Waals surface area (Å²) in [4.78, 5) is 18.6. The number of oxazole rings is 1. The van der Waals surface area contributed by atoms with Crippen LogP contribution in [0.5, 0.6) is 0 Å². The van der Waals surface area contributed by atoms with Crippen molar-refractivity contribution >= 4 is 5.91 Å². The second-order valence-electron chi connectivity index (χ2n) is 5.48. The number of hydrogen-bond donors (Lipinski definition) is 0. The molecule has 1 aliphatic heterocycles. The number of carbonyl (C=O) groups excluding carboxylic acids is 1. The zero-order valence-electron chi connectivity index (χ0n) is 12.3. The van der Waals surface area contributed by atoms with Crippen LogP contribution in [0.15, 0.2) is 34.7 Å². The lowest BCUT2D eigenvalue weighted by atomic mass is 10.2. The number of aromatic nitrogens is 1. The van der Waals surface area contributed by atoms with E-state index in [4.69, 9.17) is 4.42 Å². The van der Waals surface area contributed by atoms with Gasteiger partial charge in [0, 0.05) is 31.5 Å². The van der Waals surface area contributed by atoms with Crippen LogP contribution in [-0.4, -0.2) is 28.9 Å². The van der Waals surface area contributed by atoms with Crippen molar-refractivity contribution in [3.63, 3.8) is 0 Å². The van der Waals surface area contributed by atoms with Gasteiger partial charge in [-0.2, -0.15) is 0 Å². The van der Waals surface area contributed by atoms with Crippen LogP contribution >= 0.6 is 0 Å². The third-order valence-corrected chi connectivity index (χ3v) is 3.95. The molecule has 1 amide bonds. The van der Waals surface area contributed by atoms with Gasteiger partial charge in [0.2, 0.25) is 11.8 Å². The average molecular weight is 284 g/mol. The van der Waals surface area contributed by atoms with E-state index in [0.29, 0.717) is 18.7 Å². The van der Waals surface area contributed by atoms with Gasteiger partial charge in [0.1, 0.15) is 5.76 Å². The normalized spacial score (nSPS) is 14.6. The van der Waals surface area contributed by atoms with Gasteiger partial charge in [-0.3, -0.25) is 4.79 Å². The molecule has 4 nitrogen and oxygen atoms in total. The zero-order chi connectivity index (χ0) is 14.7. The highest BCUT2D eigenvalue weighted by molar-refractivity contribution is 5.76. The fraction of sp³-hybridized carbons (Fsp3) is 0.412. The Morgan fingerprint density at radius 2 is 1.95 bits per heavy atom. The van der Waals surface area contributed by atoms with Crippen LogP contribution < -0.4 is 0 Å². The van der Waals surface area contributed by atoms with Crippen molar-refractivity contribution in [1.82, 2.24) is 9.88 Å². The molecule has 0 N–H and O–H groups in total. The first kappa shape index (κ1) is 13.9. The van der Waals surface area contributed by atoms with E-state index in [1.807, 2.05) is 42.2 Å². The summed E-state index contributed by atoms with van der Waals surface area (Å²) in [5, 5.41) is 0. The minimum atomic E-state index is 0.233. The molecule has 1 aromatic heterocycles. The highest BCUT2D eigenvalue weighted by Gasteiger charge is 2.19. The number of aryl methyl sites for hydroxylation is 2. The molecule has 2 aromatic rings. The van der Waals surface area contributed by atoms with Gasteiger partial charge in [0.25, 0.3) is 0 Å². The van der Waals surface area contributed by atoms with Crippen LogP contribution in [-0.2, 0) is 11.2 Å². The summed E-state index contributed by atoms with van der Waals surface area (Å²) in [6.07, 6.45) is 3.43. The average Bonchev–Trinajstić information content (AvgIpc) is 3.16. The molecule has 0 bridgehead atoms. The first-order valence-corrected chi connectivity index (χ1v) is 7.53. The van der Waals surface area contributed by atoms with Gasteiger partial charge >= 0.3 is 0 Å². The van der Waals surface area contributed by atoms with E-state index in [1.165, 1.54) is 0 Å². The van der Waals surface area contributed by atoms with Crippen LogP contribution in [0.4, 0.5) is 0 Å². The molecule has 0 aliphatic carbocycles. The van der Waals surface area contributed by atoms with Gasteiger partial charge in [-0.25, -0.2) is 4.98 Å². The lowest BCUT2D eigenvalue weighted by Gasteiger charge is -2.14. The van der Waals surface area contributed by atoms with Crippen LogP contribution in [0.2, 0.25) is 0 Å². The third kappa shape index (κ3) is 3.15. The van der Waals surface area contributed by atoms with Gasteiger partial charge in [0.05, 0.1) is 5.69 Å².